The highest BCUT2D eigenvalue weighted by Gasteiger charge is 2.30. The van der Waals surface area contributed by atoms with Crippen LogP contribution in [0.15, 0.2) is 29.2 Å². The van der Waals surface area contributed by atoms with Crippen LogP contribution in [0.3, 0.4) is 0 Å². The number of hydrogen-bond donors (Lipinski definition) is 2. The zero-order chi connectivity index (χ0) is 19.3. The predicted molar refractivity (Wildman–Crippen MR) is 98.6 cm³/mol. The topological polar surface area (TPSA) is 101 Å². The first-order chi connectivity index (χ1) is 12.2. The van der Waals surface area contributed by atoms with E-state index in [4.69, 9.17) is 0 Å². The summed E-state index contributed by atoms with van der Waals surface area (Å²) in [5.41, 5.74) is 0.700. The molecule has 6 nitrogen and oxygen atoms in total. The summed E-state index contributed by atoms with van der Waals surface area (Å²) in [6, 6.07) is 5.96. The van der Waals surface area contributed by atoms with E-state index in [-0.39, 0.29) is 23.3 Å². The molecule has 1 fully saturated rings. The summed E-state index contributed by atoms with van der Waals surface area (Å²) in [7, 11) is -3.33. The van der Waals surface area contributed by atoms with Crippen molar-refractivity contribution >= 4 is 21.7 Å². The molecule has 7 heteroatoms. The third kappa shape index (κ3) is 5.06. The molecule has 1 aromatic carbocycles. The van der Waals surface area contributed by atoms with Crippen molar-refractivity contribution in [3.63, 3.8) is 0 Å². The summed E-state index contributed by atoms with van der Waals surface area (Å²) in [5, 5.41) is 11.7. The summed E-state index contributed by atoms with van der Waals surface area (Å²) in [6.45, 7) is 3.25. The van der Waals surface area contributed by atoms with Gasteiger partial charge in [-0.15, -0.1) is 0 Å². The molecule has 1 aliphatic carbocycles. The van der Waals surface area contributed by atoms with E-state index in [9.17, 15) is 23.1 Å². The van der Waals surface area contributed by atoms with Crippen molar-refractivity contribution in [3.8, 4) is 0 Å². The Kier molecular flexibility index (Phi) is 6.81. The third-order valence-corrected chi connectivity index (χ3v) is 7.09. The number of aliphatic carboxylic acids is 1. The maximum Gasteiger partial charge on any atom is 0.308 e. The molecule has 0 radical (unpaired) electrons. The van der Waals surface area contributed by atoms with Gasteiger partial charge in [0.2, 0.25) is 5.91 Å². The lowest BCUT2D eigenvalue weighted by molar-refractivity contribution is -0.143. The number of rotatable bonds is 6. The monoisotopic (exact) mass is 381 g/mol. The van der Waals surface area contributed by atoms with Crippen LogP contribution in [0.25, 0.3) is 0 Å². The van der Waals surface area contributed by atoms with Gasteiger partial charge in [0.15, 0.2) is 9.84 Å². The van der Waals surface area contributed by atoms with Gasteiger partial charge in [0.05, 0.1) is 22.5 Å². The SMILES string of the molecule is CC(C)S(=O)(=O)c1ccc(CC(=O)N[C@H]2CCCCC[C@H]2C(=O)O)cc1. The molecule has 0 aliphatic heterocycles. The molecule has 0 aromatic heterocycles. The molecule has 2 atom stereocenters. The molecule has 0 saturated heterocycles. The number of carboxylic acids is 1. The average molecular weight is 381 g/mol. The first kappa shape index (κ1) is 20.4. The Labute approximate surface area is 154 Å². The van der Waals surface area contributed by atoms with Crippen molar-refractivity contribution in [1.29, 1.82) is 0 Å². The summed E-state index contributed by atoms with van der Waals surface area (Å²) in [6.07, 6.45) is 4.13. The second-order valence-corrected chi connectivity index (χ2v) is 9.68. The highest BCUT2D eigenvalue weighted by molar-refractivity contribution is 7.92. The van der Waals surface area contributed by atoms with Crippen LogP contribution in [0.5, 0.6) is 0 Å². The molecule has 144 valence electrons. The van der Waals surface area contributed by atoms with Gasteiger partial charge < -0.3 is 10.4 Å². The van der Waals surface area contributed by atoms with Crippen molar-refractivity contribution in [3.05, 3.63) is 29.8 Å². The van der Waals surface area contributed by atoms with Gasteiger partial charge in [0.25, 0.3) is 0 Å². The standard InChI is InChI=1S/C19H27NO5S/c1-13(2)26(24,25)15-10-8-14(9-11-15)12-18(21)20-17-7-5-3-4-6-16(17)19(22)23/h8-11,13,16-17H,3-7,12H2,1-2H3,(H,20,21)(H,22,23)/t16-,17+/m1/s1. The second-order valence-electron chi connectivity index (χ2n) is 7.17. The van der Waals surface area contributed by atoms with Crippen molar-refractivity contribution in [1.82, 2.24) is 5.32 Å². The molecule has 1 amide bonds. The van der Waals surface area contributed by atoms with E-state index in [2.05, 4.69) is 5.32 Å². The summed E-state index contributed by atoms with van der Waals surface area (Å²) in [5.74, 6) is -1.64. The molecule has 0 spiro atoms. The lowest BCUT2D eigenvalue weighted by Gasteiger charge is -2.23. The summed E-state index contributed by atoms with van der Waals surface area (Å²) < 4.78 is 24.3. The maximum absolute atomic E-state index is 12.3. The van der Waals surface area contributed by atoms with Crippen molar-refractivity contribution in [2.24, 2.45) is 5.92 Å². The van der Waals surface area contributed by atoms with Gasteiger partial charge in [-0.05, 0) is 44.4 Å². The van der Waals surface area contributed by atoms with E-state index < -0.39 is 27.0 Å². The molecule has 1 aliphatic rings. The number of carboxylic acid groups (broad SMARTS) is 1. The molecule has 1 aromatic rings. The fourth-order valence-corrected chi connectivity index (χ4v) is 4.35. The van der Waals surface area contributed by atoms with E-state index in [1.54, 1.807) is 26.0 Å². The van der Waals surface area contributed by atoms with Gasteiger partial charge in [-0.3, -0.25) is 9.59 Å². The Morgan fingerprint density at radius 1 is 1.12 bits per heavy atom. The molecular weight excluding hydrogens is 354 g/mol. The fourth-order valence-electron chi connectivity index (χ4n) is 3.29. The second kappa shape index (κ2) is 8.66. The Bertz CT molecular complexity index is 740. The Hall–Kier alpha value is -1.89. The van der Waals surface area contributed by atoms with Crippen LogP contribution in [-0.4, -0.2) is 36.7 Å². The maximum atomic E-state index is 12.3. The number of hydrogen-bond acceptors (Lipinski definition) is 4. The van der Waals surface area contributed by atoms with Crippen LogP contribution in [0, 0.1) is 5.92 Å². The van der Waals surface area contributed by atoms with Crippen molar-refractivity contribution in [2.75, 3.05) is 0 Å². The van der Waals surface area contributed by atoms with Gasteiger partial charge in [0.1, 0.15) is 0 Å². The van der Waals surface area contributed by atoms with Crippen molar-refractivity contribution < 1.29 is 23.1 Å². The zero-order valence-corrected chi connectivity index (χ0v) is 16.1. The Morgan fingerprint density at radius 3 is 2.31 bits per heavy atom. The minimum atomic E-state index is -3.33. The van der Waals surface area contributed by atoms with Gasteiger partial charge >= 0.3 is 5.97 Å². The van der Waals surface area contributed by atoms with Crippen LogP contribution in [0.2, 0.25) is 0 Å². The van der Waals surface area contributed by atoms with Crippen LogP contribution in [-0.2, 0) is 25.8 Å². The normalized spacial score (nSPS) is 21.2. The van der Waals surface area contributed by atoms with Crippen LogP contribution in [0.1, 0.15) is 51.5 Å². The Morgan fingerprint density at radius 2 is 1.73 bits per heavy atom. The first-order valence-electron chi connectivity index (χ1n) is 9.07. The molecule has 2 rings (SSSR count). The molecular formula is C19H27NO5S. The van der Waals surface area contributed by atoms with Gasteiger partial charge in [0, 0.05) is 6.04 Å². The predicted octanol–water partition coefficient (Wildman–Crippen LogP) is 2.56. The lowest BCUT2D eigenvalue weighted by atomic mass is 9.94. The smallest absolute Gasteiger partial charge is 0.308 e. The first-order valence-corrected chi connectivity index (χ1v) is 10.6. The molecule has 1 saturated carbocycles. The molecule has 0 bridgehead atoms. The lowest BCUT2D eigenvalue weighted by Crippen LogP contribution is -2.43. The molecule has 0 heterocycles. The highest BCUT2D eigenvalue weighted by Crippen LogP contribution is 2.24. The van der Waals surface area contributed by atoms with Gasteiger partial charge in [-0.25, -0.2) is 8.42 Å². The van der Waals surface area contributed by atoms with E-state index in [0.717, 1.165) is 19.3 Å². The average Bonchev–Trinajstić information content (AvgIpc) is 2.80. The molecule has 0 unspecified atom stereocenters. The minimum absolute atomic E-state index is 0.102. The van der Waals surface area contributed by atoms with Gasteiger partial charge in [-0.1, -0.05) is 31.4 Å². The Balaban J connectivity index is 2.02. The molecule has 26 heavy (non-hydrogen) atoms. The van der Waals surface area contributed by atoms with E-state index in [1.165, 1.54) is 12.1 Å². The number of sulfone groups is 1. The zero-order valence-electron chi connectivity index (χ0n) is 15.3. The van der Waals surface area contributed by atoms with Crippen molar-refractivity contribution in [2.45, 2.75) is 68.6 Å². The van der Waals surface area contributed by atoms with Crippen LogP contribution >= 0.6 is 0 Å². The van der Waals surface area contributed by atoms with Crippen LogP contribution in [0.4, 0.5) is 0 Å². The van der Waals surface area contributed by atoms with E-state index in [1.807, 2.05) is 0 Å². The number of carbonyl (C=O) groups is 2. The van der Waals surface area contributed by atoms with E-state index >= 15 is 0 Å². The largest absolute Gasteiger partial charge is 0.481 e. The van der Waals surface area contributed by atoms with Crippen LogP contribution < -0.4 is 5.32 Å². The molecule has 2 N–H and O–H groups in total. The fraction of sp³-hybridized carbons (Fsp3) is 0.579. The highest BCUT2D eigenvalue weighted by atomic mass is 32.2. The number of amides is 1. The summed E-state index contributed by atoms with van der Waals surface area (Å²) in [4.78, 5) is 24.0. The number of benzene rings is 1. The third-order valence-electron chi connectivity index (χ3n) is 4.92. The van der Waals surface area contributed by atoms with Gasteiger partial charge in [-0.2, -0.15) is 0 Å². The minimum Gasteiger partial charge on any atom is -0.481 e. The summed E-state index contributed by atoms with van der Waals surface area (Å²) >= 11 is 0. The van der Waals surface area contributed by atoms with E-state index in [0.29, 0.717) is 18.4 Å². The number of nitrogens with one attached hydrogen (secondary N) is 1. The number of carbonyl (C=O) groups excluding carboxylic acids is 1. The quantitative estimate of drug-likeness (QED) is 0.738.